The van der Waals surface area contributed by atoms with Crippen LogP contribution in [0.3, 0.4) is 0 Å². The number of carbonyl (C=O) groups is 2. The van der Waals surface area contributed by atoms with Crippen LogP contribution in [-0.4, -0.2) is 23.6 Å². The van der Waals surface area contributed by atoms with Gasteiger partial charge in [-0.2, -0.15) is 0 Å². The zero-order chi connectivity index (χ0) is 21.4. The molecule has 0 saturated carbocycles. The summed E-state index contributed by atoms with van der Waals surface area (Å²) in [5.41, 5.74) is 1.78. The van der Waals surface area contributed by atoms with E-state index in [9.17, 15) is 9.59 Å². The Bertz CT molecular complexity index is 868. The van der Waals surface area contributed by atoms with E-state index in [4.69, 9.17) is 40.2 Å². The van der Waals surface area contributed by atoms with Gasteiger partial charge in [-0.05, 0) is 62.0 Å². The molecule has 0 aromatic heterocycles. The van der Waals surface area contributed by atoms with Gasteiger partial charge in [0.25, 0.3) is 0 Å². The van der Waals surface area contributed by atoms with Crippen LogP contribution in [-0.2, 0) is 16.1 Å². The molecule has 29 heavy (non-hydrogen) atoms. The monoisotopic (exact) mass is 452 g/mol. The fraction of sp³-hybridized carbons (Fsp3) is 0.286. The van der Waals surface area contributed by atoms with E-state index >= 15 is 0 Å². The summed E-state index contributed by atoms with van der Waals surface area (Å²) in [6.45, 7) is 4.21. The first-order valence-corrected chi connectivity index (χ1v) is 10.3. The molecule has 0 unspecified atom stereocenters. The summed E-state index contributed by atoms with van der Waals surface area (Å²) in [5, 5.41) is 3.95. The fourth-order valence-electron chi connectivity index (χ4n) is 2.59. The number of amides is 1. The lowest BCUT2D eigenvalue weighted by Crippen LogP contribution is -2.42. The molecule has 5 nitrogen and oxygen atoms in total. The average molecular weight is 453 g/mol. The molecule has 0 bridgehead atoms. The number of benzene rings is 2. The Hall–Kier alpha value is -2.15. The molecule has 0 fully saturated rings. The summed E-state index contributed by atoms with van der Waals surface area (Å²) in [7, 11) is 0. The lowest BCUT2D eigenvalue weighted by atomic mass is 10.1. The highest BCUT2D eigenvalue weighted by molar-refractivity contribution is 7.80. The first-order valence-electron chi connectivity index (χ1n) is 9.18. The molecule has 2 rings (SSSR count). The third kappa shape index (κ3) is 6.42. The standard InChI is InChI=1S/C21H22Cl2N2O3S/c1-3-6-19(26)24-21(29)25(13-16-17(22)7-5-8-18(16)23)15-11-9-14(10-12-15)20(27)28-4-2/h5,7-12H,3-4,6,13H2,1-2H3,(H,24,26,29). The first-order chi connectivity index (χ1) is 13.9. The van der Waals surface area contributed by atoms with Gasteiger partial charge in [0, 0.05) is 27.7 Å². The molecular weight excluding hydrogens is 431 g/mol. The van der Waals surface area contributed by atoms with Crippen LogP contribution in [0.1, 0.15) is 42.6 Å². The lowest BCUT2D eigenvalue weighted by Gasteiger charge is -2.26. The van der Waals surface area contributed by atoms with E-state index in [-0.39, 0.29) is 17.6 Å². The molecule has 0 aliphatic heterocycles. The largest absolute Gasteiger partial charge is 0.462 e. The van der Waals surface area contributed by atoms with Crippen LogP contribution in [0.2, 0.25) is 10.0 Å². The maximum absolute atomic E-state index is 12.1. The molecule has 0 aliphatic carbocycles. The predicted octanol–water partition coefficient (Wildman–Crippen LogP) is 5.38. The minimum Gasteiger partial charge on any atom is -0.462 e. The Balaban J connectivity index is 2.34. The summed E-state index contributed by atoms with van der Waals surface area (Å²) >= 11 is 18.1. The molecule has 2 aromatic rings. The molecule has 0 radical (unpaired) electrons. The number of ether oxygens (including phenoxy) is 1. The van der Waals surface area contributed by atoms with Crippen LogP contribution in [0.25, 0.3) is 0 Å². The van der Waals surface area contributed by atoms with Crippen molar-refractivity contribution in [3.05, 3.63) is 63.6 Å². The van der Waals surface area contributed by atoms with Crippen molar-refractivity contribution in [1.82, 2.24) is 5.32 Å². The van der Waals surface area contributed by atoms with Crippen molar-refractivity contribution < 1.29 is 14.3 Å². The Morgan fingerprint density at radius 3 is 2.24 bits per heavy atom. The summed E-state index contributed by atoms with van der Waals surface area (Å²) in [5.74, 6) is -0.575. The Labute approximate surface area is 185 Å². The van der Waals surface area contributed by atoms with E-state index in [0.29, 0.717) is 46.3 Å². The maximum Gasteiger partial charge on any atom is 0.338 e. The Morgan fingerprint density at radius 2 is 1.69 bits per heavy atom. The summed E-state index contributed by atoms with van der Waals surface area (Å²) < 4.78 is 5.01. The molecule has 8 heteroatoms. The van der Waals surface area contributed by atoms with Crippen molar-refractivity contribution in [3.63, 3.8) is 0 Å². The maximum atomic E-state index is 12.1. The number of thiocarbonyl (C=S) groups is 1. The summed E-state index contributed by atoms with van der Waals surface area (Å²) in [6, 6.07) is 12.0. The number of nitrogens with zero attached hydrogens (tertiary/aromatic N) is 1. The van der Waals surface area contributed by atoms with Crippen molar-refractivity contribution in [2.45, 2.75) is 33.2 Å². The fourth-order valence-corrected chi connectivity index (χ4v) is 3.39. The number of anilines is 1. The second-order valence-corrected chi connectivity index (χ2v) is 7.36. The van der Waals surface area contributed by atoms with Gasteiger partial charge in [-0.3, -0.25) is 4.79 Å². The van der Waals surface area contributed by atoms with E-state index < -0.39 is 5.97 Å². The molecule has 0 aliphatic rings. The van der Waals surface area contributed by atoms with Gasteiger partial charge in [-0.25, -0.2) is 4.79 Å². The van der Waals surface area contributed by atoms with E-state index in [2.05, 4.69) is 5.32 Å². The number of halogens is 2. The quantitative estimate of drug-likeness (QED) is 0.451. The van der Waals surface area contributed by atoms with Crippen molar-refractivity contribution in [2.75, 3.05) is 11.5 Å². The minimum absolute atomic E-state index is 0.170. The molecule has 0 atom stereocenters. The van der Waals surface area contributed by atoms with E-state index in [1.807, 2.05) is 6.92 Å². The van der Waals surface area contributed by atoms with Crippen LogP contribution < -0.4 is 10.2 Å². The van der Waals surface area contributed by atoms with Crippen molar-refractivity contribution in [1.29, 1.82) is 0 Å². The van der Waals surface area contributed by atoms with Crippen molar-refractivity contribution in [2.24, 2.45) is 0 Å². The first kappa shape index (κ1) is 23.1. The van der Waals surface area contributed by atoms with Crippen molar-refractivity contribution >= 4 is 58.1 Å². The van der Waals surface area contributed by atoms with Gasteiger partial charge in [0.05, 0.1) is 18.7 Å². The zero-order valence-corrected chi connectivity index (χ0v) is 18.5. The van der Waals surface area contributed by atoms with E-state index in [1.165, 1.54) is 0 Å². The molecule has 1 N–H and O–H groups in total. The normalized spacial score (nSPS) is 10.3. The number of esters is 1. The number of rotatable bonds is 7. The Kier molecular flexibility index (Phi) is 8.89. The highest BCUT2D eigenvalue weighted by Gasteiger charge is 2.19. The topological polar surface area (TPSA) is 58.6 Å². The second-order valence-electron chi connectivity index (χ2n) is 6.16. The minimum atomic E-state index is -0.404. The molecular formula is C21H22Cl2N2O3S. The second kappa shape index (κ2) is 11.1. The van der Waals surface area contributed by atoms with Crippen LogP contribution >= 0.6 is 35.4 Å². The smallest absolute Gasteiger partial charge is 0.338 e. The average Bonchev–Trinajstić information content (AvgIpc) is 2.68. The van der Waals surface area contributed by atoms with E-state index in [1.54, 1.807) is 54.3 Å². The van der Waals surface area contributed by atoms with Crippen molar-refractivity contribution in [3.8, 4) is 0 Å². The predicted molar refractivity (Wildman–Crippen MR) is 121 cm³/mol. The summed E-state index contributed by atoms with van der Waals surface area (Å²) in [4.78, 5) is 25.7. The molecule has 154 valence electrons. The van der Waals surface area contributed by atoms with Gasteiger partial charge in [0.2, 0.25) is 5.91 Å². The molecule has 0 spiro atoms. The van der Waals surface area contributed by atoms with Gasteiger partial charge >= 0.3 is 5.97 Å². The van der Waals surface area contributed by atoms with Gasteiger partial charge in [0.1, 0.15) is 0 Å². The zero-order valence-electron chi connectivity index (χ0n) is 16.2. The van der Waals surface area contributed by atoms with Crippen LogP contribution in [0.4, 0.5) is 5.69 Å². The van der Waals surface area contributed by atoms with Gasteiger partial charge in [0.15, 0.2) is 5.11 Å². The lowest BCUT2D eigenvalue weighted by molar-refractivity contribution is -0.119. The summed E-state index contributed by atoms with van der Waals surface area (Å²) in [6.07, 6.45) is 1.07. The highest BCUT2D eigenvalue weighted by Crippen LogP contribution is 2.28. The number of carbonyl (C=O) groups excluding carboxylic acids is 2. The van der Waals surface area contributed by atoms with Crippen LogP contribution in [0, 0.1) is 0 Å². The van der Waals surface area contributed by atoms with Crippen LogP contribution in [0.5, 0.6) is 0 Å². The third-order valence-corrected chi connectivity index (χ3v) is 5.07. The Morgan fingerprint density at radius 1 is 1.07 bits per heavy atom. The third-order valence-electron chi connectivity index (χ3n) is 4.04. The van der Waals surface area contributed by atoms with Crippen LogP contribution in [0.15, 0.2) is 42.5 Å². The van der Waals surface area contributed by atoms with Gasteiger partial charge < -0.3 is 15.0 Å². The SMILES string of the molecule is CCCC(=O)NC(=S)N(Cc1c(Cl)cccc1Cl)c1ccc(C(=O)OCC)cc1. The number of hydrogen-bond acceptors (Lipinski definition) is 4. The highest BCUT2D eigenvalue weighted by atomic mass is 35.5. The number of nitrogens with one attached hydrogen (secondary N) is 1. The van der Waals surface area contributed by atoms with E-state index in [0.717, 1.165) is 0 Å². The van der Waals surface area contributed by atoms with Gasteiger partial charge in [-0.1, -0.05) is 36.2 Å². The number of hydrogen-bond donors (Lipinski definition) is 1. The van der Waals surface area contributed by atoms with Gasteiger partial charge in [-0.15, -0.1) is 0 Å². The molecule has 0 saturated heterocycles. The molecule has 1 amide bonds. The molecule has 0 heterocycles. The molecule has 2 aromatic carbocycles.